The Morgan fingerprint density at radius 1 is 1.69 bits per heavy atom. The van der Waals surface area contributed by atoms with E-state index in [0.29, 0.717) is 0 Å². The minimum atomic E-state index is -0.648. The molecule has 0 amide bonds. The molecule has 0 aliphatic heterocycles. The van der Waals surface area contributed by atoms with E-state index in [-0.39, 0.29) is 17.5 Å². The predicted octanol–water partition coefficient (Wildman–Crippen LogP) is -0.244. The molecule has 0 aromatic carbocycles. The first-order valence-corrected chi connectivity index (χ1v) is 4.21. The maximum absolute atomic E-state index is 10.6. The number of hydrogen-bond acceptors (Lipinski definition) is 6. The molecule has 1 rings (SSSR count). The summed E-state index contributed by atoms with van der Waals surface area (Å²) in [6.45, 7) is 0. The molecule has 0 spiro atoms. The Hall–Kier alpha value is -2.45. The quantitative estimate of drug-likeness (QED) is 0.279. The zero-order valence-electron chi connectivity index (χ0n) is 8.76. The largest absolute Gasteiger partial charge is 0.370 e. The summed E-state index contributed by atoms with van der Waals surface area (Å²) >= 11 is 0. The highest BCUT2D eigenvalue weighted by atomic mass is 16.6. The van der Waals surface area contributed by atoms with Gasteiger partial charge < -0.3 is 16.0 Å². The van der Waals surface area contributed by atoms with Gasteiger partial charge in [-0.25, -0.2) is 4.98 Å². The Morgan fingerprint density at radius 2 is 2.31 bits per heavy atom. The van der Waals surface area contributed by atoms with Gasteiger partial charge in [-0.3, -0.25) is 15.5 Å². The van der Waals surface area contributed by atoms with Gasteiger partial charge in [0, 0.05) is 14.1 Å². The Bertz CT molecular complexity index is 431. The summed E-state index contributed by atoms with van der Waals surface area (Å²) in [6, 6.07) is 0. The zero-order chi connectivity index (χ0) is 12.3. The summed E-state index contributed by atoms with van der Waals surface area (Å²) < 4.78 is 0. The van der Waals surface area contributed by atoms with Crippen LogP contribution in [-0.2, 0) is 0 Å². The Labute approximate surface area is 91.0 Å². The van der Waals surface area contributed by atoms with Crippen LogP contribution in [0.2, 0.25) is 0 Å². The summed E-state index contributed by atoms with van der Waals surface area (Å²) in [7, 11) is 3.39. The smallest absolute Gasteiger partial charge is 0.330 e. The molecule has 86 valence electrons. The molecule has 0 radical (unpaired) electrons. The average Bonchev–Trinajstić information content (AvgIpc) is 2.15. The van der Waals surface area contributed by atoms with Crippen molar-refractivity contribution in [2.45, 2.75) is 0 Å². The van der Waals surface area contributed by atoms with Crippen LogP contribution in [0.1, 0.15) is 0 Å². The van der Waals surface area contributed by atoms with Crippen molar-refractivity contribution in [1.82, 2.24) is 9.97 Å². The number of nitrogens with two attached hydrogens (primary N) is 1. The lowest BCUT2D eigenvalue weighted by molar-refractivity contribution is -0.384. The van der Waals surface area contributed by atoms with E-state index < -0.39 is 10.9 Å². The molecule has 9 nitrogen and oxygen atoms in total. The topological polar surface area (TPSA) is 134 Å². The molecule has 0 aliphatic rings. The molecule has 0 atom stereocenters. The van der Waals surface area contributed by atoms with E-state index in [0.717, 1.165) is 6.20 Å². The molecule has 0 saturated heterocycles. The Morgan fingerprint density at radius 3 is 2.75 bits per heavy atom. The number of hydrogen-bond donors (Lipinski definition) is 3. The third kappa shape index (κ3) is 2.53. The van der Waals surface area contributed by atoms with Gasteiger partial charge in [0.2, 0.25) is 11.8 Å². The fourth-order valence-electron chi connectivity index (χ4n) is 0.935. The van der Waals surface area contributed by atoms with Crippen molar-refractivity contribution < 1.29 is 4.92 Å². The molecule has 1 aromatic heterocycles. The Kier molecular flexibility index (Phi) is 3.18. The summed E-state index contributed by atoms with van der Waals surface area (Å²) in [5, 5.41) is 20.0. The van der Waals surface area contributed by atoms with Crippen molar-refractivity contribution in [1.29, 1.82) is 5.41 Å². The normalized spacial score (nSPS) is 9.62. The minimum absolute atomic E-state index is 0.101. The van der Waals surface area contributed by atoms with Crippen LogP contribution in [0.15, 0.2) is 6.20 Å². The van der Waals surface area contributed by atoms with E-state index in [1.165, 1.54) is 0 Å². The van der Waals surface area contributed by atoms with Crippen molar-refractivity contribution in [2.75, 3.05) is 24.3 Å². The van der Waals surface area contributed by atoms with Gasteiger partial charge in [-0.05, 0) is 0 Å². The summed E-state index contributed by atoms with van der Waals surface area (Å²) in [6.07, 6.45) is 1.06. The molecule has 0 aliphatic carbocycles. The molecule has 0 saturated carbocycles. The molecule has 16 heavy (non-hydrogen) atoms. The molecule has 1 heterocycles. The molecule has 0 bridgehead atoms. The number of guanidine groups is 1. The SMILES string of the molecule is CN(C)c1ncc([N+](=O)[O-])c(NC(=N)N)n1. The van der Waals surface area contributed by atoms with Crippen LogP contribution >= 0.6 is 0 Å². The van der Waals surface area contributed by atoms with E-state index in [1.54, 1.807) is 19.0 Å². The fraction of sp³-hybridized carbons (Fsp3) is 0.286. The molecular weight excluding hydrogens is 214 g/mol. The van der Waals surface area contributed by atoms with Gasteiger partial charge in [-0.15, -0.1) is 0 Å². The van der Waals surface area contributed by atoms with Crippen molar-refractivity contribution in [3.63, 3.8) is 0 Å². The maximum Gasteiger partial charge on any atom is 0.330 e. The number of anilines is 2. The molecule has 4 N–H and O–H groups in total. The zero-order valence-corrected chi connectivity index (χ0v) is 8.76. The highest BCUT2D eigenvalue weighted by molar-refractivity contribution is 5.90. The van der Waals surface area contributed by atoms with E-state index in [1.807, 2.05) is 0 Å². The van der Waals surface area contributed by atoms with Crippen molar-refractivity contribution in [3.05, 3.63) is 16.3 Å². The van der Waals surface area contributed by atoms with Crippen molar-refractivity contribution >= 4 is 23.4 Å². The van der Waals surface area contributed by atoms with Crippen LogP contribution < -0.4 is 16.0 Å². The number of rotatable bonds is 3. The highest BCUT2D eigenvalue weighted by Crippen LogP contribution is 2.22. The van der Waals surface area contributed by atoms with Crippen LogP contribution in [0.4, 0.5) is 17.5 Å². The lowest BCUT2D eigenvalue weighted by atomic mass is 10.5. The standard InChI is InChI=1S/C7H11N7O2/c1-13(2)7-10-3-4(14(15)16)5(12-7)11-6(8)9/h3H,1-2H3,(H4,8,9,10,11,12). The molecular formula is C7H11N7O2. The van der Waals surface area contributed by atoms with Crippen LogP contribution in [-0.4, -0.2) is 34.9 Å². The number of nitrogens with one attached hydrogen (secondary N) is 2. The summed E-state index contributed by atoms with van der Waals surface area (Å²) in [4.78, 5) is 19.2. The summed E-state index contributed by atoms with van der Waals surface area (Å²) in [5.41, 5.74) is 4.76. The average molecular weight is 225 g/mol. The molecule has 0 fully saturated rings. The van der Waals surface area contributed by atoms with Crippen LogP contribution in [0.25, 0.3) is 0 Å². The molecule has 9 heteroatoms. The molecule has 1 aromatic rings. The van der Waals surface area contributed by atoms with Crippen LogP contribution in [0.5, 0.6) is 0 Å². The van der Waals surface area contributed by atoms with E-state index in [9.17, 15) is 10.1 Å². The monoisotopic (exact) mass is 225 g/mol. The number of nitrogens with zero attached hydrogens (tertiary/aromatic N) is 4. The first-order chi connectivity index (χ1) is 7.41. The van der Waals surface area contributed by atoms with Gasteiger partial charge >= 0.3 is 5.69 Å². The third-order valence-corrected chi connectivity index (χ3v) is 1.61. The van der Waals surface area contributed by atoms with E-state index >= 15 is 0 Å². The van der Waals surface area contributed by atoms with Gasteiger partial charge in [-0.2, -0.15) is 4.98 Å². The second kappa shape index (κ2) is 4.38. The number of nitro groups is 1. The first-order valence-electron chi connectivity index (χ1n) is 4.21. The van der Waals surface area contributed by atoms with Crippen LogP contribution in [0.3, 0.4) is 0 Å². The van der Waals surface area contributed by atoms with E-state index in [4.69, 9.17) is 11.1 Å². The van der Waals surface area contributed by atoms with Crippen LogP contribution in [0, 0.1) is 15.5 Å². The van der Waals surface area contributed by atoms with Crippen molar-refractivity contribution in [2.24, 2.45) is 5.73 Å². The second-order valence-electron chi connectivity index (χ2n) is 3.09. The van der Waals surface area contributed by atoms with Crippen molar-refractivity contribution in [3.8, 4) is 0 Å². The maximum atomic E-state index is 10.6. The Balaban J connectivity index is 3.20. The van der Waals surface area contributed by atoms with E-state index in [2.05, 4.69) is 15.3 Å². The fourth-order valence-corrected chi connectivity index (χ4v) is 0.935. The lowest BCUT2D eigenvalue weighted by Crippen LogP contribution is -2.23. The predicted molar refractivity (Wildman–Crippen MR) is 58.6 cm³/mol. The minimum Gasteiger partial charge on any atom is -0.370 e. The summed E-state index contributed by atoms with van der Waals surface area (Å²) in [5.74, 6) is -0.239. The first kappa shape index (κ1) is 11.6. The number of aromatic nitrogens is 2. The van der Waals surface area contributed by atoms with Gasteiger partial charge in [0.05, 0.1) is 4.92 Å². The molecule has 0 unspecified atom stereocenters. The van der Waals surface area contributed by atoms with Gasteiger partial charge in [-0.1, -0.05) is 0 Å². The third-order valence-electron chi connectivity index (χ3n) is 1.61. The highest BCUT2D eigenvalue weighted by Gasteiger charge is 2.18. The van der Waals surface area contributed by atoms with Gasteiger partial charge in [0.15, 0.2) is 5.96 Å². The lowest BCUT2D eigenvalue weighted by Gasteiger charge is -2.11. The second-order valence-corrected chi connectivity index (χ2v) is 3.09. The van der Waals surface area contributed by atoms with Gasteiger partial charge in [0.25, 0.3) is 0 Å². The van der Waals surface area contributed by atoms with Gasteiger partial charge in [0.1, 0.15) is 6.20 Å².